The molecule has 0 saturated carbocycles. The third-order valence-electron chi connectivity index (χ3n) is 3.58. The Morgan fingerprint density at radius 3 is 2.52 bits per heavy atom. The van der Waals surface area contributed by atoms with Gasteiger partial charge in [0.25, 0.3) is 5.91 Å². The van der Waals surface area contributed by atoms with Crippen molar-refractivity contribution in [1.82, 2.24) is 15.3 Å². The van der Waals surface area contributed by atoms with Gasteiger partial charge in [-0.2, -0.15) is 0 Å². The lowest BCUT2D eigenvalue weighted by Crippen LogP contribution is -2.24. The average molecular weight is 303 g/mol. The number of carbonyl (C=O) groups is 1. The minimum Gasteiger partial charge on any atom is -0.348 e. The summed E-state index contributed by atoms with van der Waals surface area (Å²) in [5, 5.41) is 2.93. The predicted octanol–water partition coefficient (Wildman–Crippen LogP) is 3.38. The van der Waals surface area contributed by atoms with Gasteiger partial charge in [0.2, 0.25) is 0 Å². The molecule has 114 valence electrons. The number of nitrogens with zero attached hydrogens (tertiary/aromatic N) is 2. The van der Waals surface area contributed by atoms with Gasteiger partial charge in [0.05, 0.1) is 11.3 Å². The summed E-state index contributed by atoms with van der Waals surface area (Å²) in [6.07, 6.45) is 3.01. The number of hydrogen-bond donors (Lipinski definition) is 1. The minimum absolute atomic E-state index is 0.176. The molecule has 4 heteroatoms. The quantitative estimate of drug-likeness (QED) is 0.804. The number of aromatic nitrogens is 2. The molecule has 23 heavy (non-hydrogen) atoms. The van der Waals surface area contributed by atoms with Crippen molar-refractivity contribution in [3.05, 3.63) is 83.8 Å². The first-order valence-electron chi connectivity index (χ1n) is 7.43. The van der Waals surface area contributed by atoms with Crippen LogP contribution in [-0.4, -0.2) is 15.9 Å². The van der Waals surface area contributed by atoms with Crippen molar-refractivity contribution in [1.29, 1.82) is 0 Å². The molecule has 0 fully saturated rings. The first-order valence-corrected chi connectivity index (χ1v) is 7.43. The Kier molecular flexibility index (Phi) is 4.43. The van der Waals surface area contributed by atoms with E-state index < -0.39 is 0 Å². The number of benzene rings is 2. The molecule has 1 amide bonds. The Morgan fingerprint density at radius 2 is 1.78 bits per heavy atom. The summed E-state index contributed by atoms with van der Waals surface area (Å²) in [6, 6.07) is 17.7. The van der Waals surface area contributed by atoms with Crippen molar-refractivity contribution in [2.75, 3.05) is 0 Å². The van der Waals surface area contributed by atoms with Crippen LogP contribution in [-0.2, 0) is 6.54 Å². The molecule has 3 aromatic rings. The SMILES string of the molecule is Cc1ccc(CNC(=O)c2cncnc2-c2ccccc2)cc1. The first kappa shape index (κ1) is 14.9. The lowest BCUT2D eigenvalue weighted by molar-refractivity contribution is 0.0951. The van der Waals surface area contributed by atoms with Gasteiger partial charge in [-0.15, -0.1) is 0 Å². The fraction of sp³-hybridized carbons (Fsp3) is 0.105. The summed E-state index contributed by atoms with van der Waals surface area (Å²) < 4.78 is 0. The molecule has 0 aliphatic carbocycles. The standard InChI is InChI=1S/C19H17N3O/c1-14-7-9-15(10-8-14)11-21-19(23)17-12-20-13-22-18(17)16-5-3-2-4-6-16/h2-10,12-13H,11H2,1H3,(H,21,23). The molecule has 0 unspecified atom stereocenters. The molecule has 0 atom stereocenters. The van der Waals surface area contributed by atoms with Crippen LogP contribution in [0.4, 0.5) is 0 Å². The van der Waals surface area contributed by atoms with E-state index in [0.717, 1.165) is 11.1 Å². The molecule has 0 saturated heterocycles. The highest BCUT2D eigenvalue weighted by molar-refractivity contribution is 5.99. The van der Waals surface area contributed by atoms with Crippen molar-refractivity contribution in [3.63, 3.8) is 0 Å². The van der Waals surface area contributed by atoms with Crippen LogP contribution in [0.5, 0.6) is 0 Å². The van der Waals surface area contributed by atoms with E-state index in [9.17, 15) is 4.79 Å². The summed E-state index contributed by atoms with van der Waals surface area (Å²) in [4.78, 5) is 20.7. The van der Waals surface area contributed by atoms with Gasteiger partial charge in [-0.1, -0.05) is 60.2 Å². The fourth-order valence-electron chi connectivity index (χ4n) is 2.31. The van der Waals surface area contributed by atoms with E-state index in [-0.39, 0.29) is 5.91 Å². The van der Waals surface area contributed by atoms with Gasteiger partial charge >= 0.3 is 0 Å². The Bertz CT molecular complexity index is 798. The number of nitrogens with one attached hydrogen (secondary N) is 1. The largest absolute Gasteiger partial charge is 0.348 e. The van der Waals surface area contributed by atoms with E-state index in [0.29, 0.717) is 17.8 Å². The number of rotatable bonds is 4. The van der Waals surface area contributed by atoms with Crippen LogP contribution in [0.25, 0.3) is 11.3 Å². The average Bonchev–Trinajstić information content (AvgIpc) is 2.62. The van der Waals surface area contributed by atoms with E-state index >= 15 is 0 Å². The van der Waals surface area contributed by atoms with Crippen LogP contribution < -0.4 is 5.32 Å². The third-order valence-corrected chi connectivity index (χ3v) is 3.58. The smallest absolute Gasteiger partial charge is 0.255 e. The van der Waals surface area contributed by atoms with Crippen LogP contribution in [0.1, 0.15) is 21.5 Å². The molecule has 1 heterocycles. The zero-order valence-corrected chi connectivity index (χ0v) is 12.9. The van der Waals surface area contributed by atoms with Gasteiger partial charge in [0.1, 0.15) is 6.33 Å². The van der Waals surface area contributed by atoms with E-state index in [4.69, 9.17) is 0 Å². The molecule has 0 spiro atoms. The second-order valence-corrected chi connectivity index (χ2v) is 5.32. The van der Waals surface area contributed by atoms with Crippen molar-refractivity contribution in [3.8, 4) is 11.3 Å². The fourth-order valence-corrected chi connectivity index (χ4v) is 2.31. The molecule has 0 aliphatic rings. The van der Waals surface area contributed by atoms with Crippen LogP contribution in [0.2, 0.25) is 0 Å². The second-order valence-electron chi connectivity index (χ2n) is 5.32. The molecule has 3 rings (SSSR count). The van der Waals surface area contributed by atoms with Crippen LogP contribution in [0.15, 0.2) is 67.1 Å². The normalized spacial score (nSPS) is 10.3. The van der Waals surface area contributed by atoms with Crippen LogP contribution >= 0.6 is 0 Å². The molecular weight excluding hydrogens is 286 g/mol. The topological polar surface area (TPSA) is 54.9 Å². The highest BCUT2D eigenvalue weighted by Gasteiger charge is 2.14. The van der Waals surface area contributed by atoms with Gasteiger partial charge in [-0.3, -0.25) is 4.79 Å². The van der Waals surface area contributed by atoms with Crippen LogP contribution in [0, 0.1) is 6.92 Å². The zero-order valence-electron chi connectivity index (χ0n) is 12.9. The maximum Gasteiger partial charge on any atom is 0.255 e. The summed E-state index contributed by atoms with van der Waals surface area (Å²) in [5.74, 6) is -0.176. The Labute approximate surface area is 135 Å². The van der Waals surface area contributed by atoms with Crippen molar-refractivity contribution in [2.45, 2.75) is 13.5 Å². The van der Waals surface area contributed by atoms with Gasteiger partial charge < -0.3 is 5.32 Å². The molecule has 1 N–H and O–H groups in total. The van der Waals surface area contributed by atoms with Crippen molar-refractivity contribution in [2.24, 2.45) is 0 Å². The van der Waals surface area contributed by atoms with E-state index in [1.165, 1.54) is 11.9 Å². The van der Waals surface area contributed by atoms with E-state index in [1.807, 2.05) is 61.5 Å². The molecule has 1 aromatic heterocycles. The lowest BCUT2D eigenvalue weighted by Gasteiger charge is -2.09. The van der Waals surface area contributed by atoms with Gasteiger partial charge in [0.15, 0.2) is 0 Å². The Balaban J connectivity index is 1.79. The number of carbonyl (C=O) groups excluding carboxylic acids is 1. The van der Waals surface area contributed by atoms with Gasteiger partial charge in [0, 0.05) is 18.3 Å². The molecule has 0 radical (unpaired) electrons. The Morgan fingerprint density at radius 1 is 1.04 bits per heavy atom. The van der Waals surface area contributed by atoms with Gasteiger partial charge in [-0.05, 0) is 12.5 Å². The van der Waals surface area contributed by atoms with Gasteiger partial charge in [-0.25, -0.2) is 9.97 Å². The highest BCUT2D eigenvalue weighted by Crippen LogP contribution is 2.20. The highest BCUT2D eigenvalue weighted by atomic mass is 16.1. The summed E-state index contributed by atoms with van der Waals surface area (Å²) in [5.41, 5.74) is 4.27. The van der Waals surface area contributed by atoms with Crippen LogP contribution in [0.3, 0.4) is 0 Å². The number of aryl methyl sites for hydroxylation is 1. The van der Waals surface area contributed by atoms with Crippen molar-refractivity contribution >= 4 is 5.91 Å². The second kappa shape index (κ2) is 6.83. The zero-order chi connectivity index (χ0) is 16.1. The minimum atomic E-state index is -0.176. The predicted molar refractivity (Wildman–Crippen MR) is 89.8 cm³/mol. The maximum atomic E-state index is 12.5. The monoisotopic (exact) mass is 303 g/mol. The molecular formula is C19H17N3O. The third kappa shape index (κ3) is 3.61. The molecule has 0 bridgehead atoms. The van der Waals surface area contributed by atoms with E-state index in [1.54, 1.807) is 6.20 Å². The summed E-state index contributed by atoms with van der Waals surface area (Å²) in [7, 11) is 0. The van der Waals surface area contributed by atoms with Crippen molar-refractivity contribution < 1.29 is 4.79 Å². The summed E-state index contributed by atoms with van der Waals surface area (Å²) >= 11 is 0. The molecule has 4 nitrogen and oxygen atoms in total. The first-order chi connectivity index (χ1) is 11.2. The van der Waals surface area contributed by atoms with E-state index in [2.05, 4.69) is 15.3 Å². The molecule has 0 aliphatic heterocycles. The number of amides is 1. The molecule has 2 aromatic carbocycles. The maximum absolute atomic E-state index is 12.5. The summed E-state index contributed by atoms with van der Waals surface area (Å²) in [6.45, 7) is 2.51. The Hall–Kier alpha value is -3.01. The lowest BCUT2D eigenvalue weighted by atomic mass is 10.1. The number of hydrogen-bond acceptors (Lipinski definition) is 3.